The highest BCUT2D eigenvalue weighted by atomic mass is 32.1. The van der Waals surface area contributed by atoms with Crippen LogP contribution in [0.2, 0.25) is 0 Å². The first-order chi connectivity index (χ1) is 14.4. The first kappa shape index (κ1) is 17.9. The summed E-state index contributed by atoms with van der Waals surface area (Å²) in [6.07, 6.45) is 2.01. The molecule has 0 fully saturated rings. The Labute approximate surface area is 178 Å². The van der Waals surface area contributed by atoms with Crippen LogP contribution >= 0.6 is 11.3 Å². The number of aromatic nitrogens is 1. The van der Waals surface area contributed by atoms with Gasteiger partial charge in [-0.15, -0.1) is 11.3 Å². The Balaban J connectivity index is 1.66. The quantitative estimate of drug-likeness (QED) is 0.360. The van der Waals surface area contributed by atoms with E-state index in [-0.39, 0.29) is 11.0 Å². The Morgan fingerprint density at radius 1 is 1.20 bits per heavy atom. The van der Waals surface area contributed by atoms with E-state index in [1.54, 1.807) is 0 Å². The average molecular weight is 415 g/mol. The van der Waals surface area contributed by atoms with Gasteiger partial charge >= 0.3 is 5.63 Å². The van der Waals surface area contributed by atoms with Gasteiger partial charge in [0.1, 0.15) is 10.6 Å². The molecular weight excluding hydrogens is 392 g/mol. The Morgan fingerprint density at radius 2 is 2.03 bits per heavy atom. The van der Waals surface area contributed by atoms with E-state index >= 15 is 0 Å². The van der Waals surface area contributed by atoms with E-state index in [0.717, 1.165) is 52.7 Å². The summed E-state index contributed by atoms with van der Waals surface area (Å²) in [5.41, 5.74) is 6.45. The number of para-hydroxylation sites is 1. The molecule has 0 amide bonds. The second-order valence-corrected chi connectivity index (χ2v) is 10.0. The zero-order chi connectivity index (χ0) is 20.6. The molecule has 4 aromatic rings. The highest BCUT2D eigenvalue weighted by Gasteiger charge is 2.37. The summed E-state index contributed by atoms with van der Waals surface area (Å²) in [5.74, 6) is 0. The third-order valence-corrected chi connectivity index (χ3v) is 7.68. The summed E-state index contributed by atoms with van der Waals surface area (Å²) in [6, 6.07) is 12.1. The molecule has 2 aliphatic heterocycles. The molecule has 0 saturated carbocycles. The smallest absolute Gasteiger partial charge is 0.346 e. The molecular formula is C25H22N2O2S. The van der Waals surface area contributed by atoms with Crippen molar-refractivity contribution in [2.75, 3.05) is 18.0 Å². The fourth-order valence-electron chi connectivity index (χ4n) is 4.84. The Bertz CT molecular complexity index is 1390. The molecule has 0 bridgehead atoms. The van der Waals surface area contributed by atoms with E-state index in [9.17, 15) is 4.79 Å². The van der Waals surface area contributed by atoms with Crippen molar-refractivity contribution in [3.8, 4) is 10.6 Å². The van der Waals surface area contributed by atoms with Gasteiger partial charge in [0.25, 0.3) is 0 Å². The van der Waals surface area contributed by atoms with Gasteiger partial charge in [0.15, 0.2) is 0 Å². The summed E-state index contributed by atoms with van der Waals surface area (Å²) >= 11 is 1.53. The van der Waals surface area contributed by atoms with E-state index in [1.807, 2.05) is 30.3 Å². The van der Waals surface area contributed by atoms with Gasteiger partial charge in [-0.2, -0.15) is 0 Å². The van der Waals surface area contributed by atoms with Crippen LogP contribution in [0.4, 0.5) is 5.69 Å². The second kappa shape index (κ2) is 6.05. The lowest BCUT2D eigenvalue weighted by Crippen LogP contribution is -2.40. The van der Waals surface area contributed by atoms with Gasteiger partial charge in [0.2, 0.25) is 0 Å². The third kappa shape index (κ3) is 2.45. The normalized spacial score (nSPS) is 17.5. The lowest BCUT2D eigenvalue weighted by Gasteiger charge is -2.44. The van der Waals surface area contributed by atoms with Gasteiger partial charge in [0, 0.05) is 24.0 Å². The van der Waals surface area contributed by atoms with Gasteiger partial charge in [-0.05, 0) is 53.7 Å². The molecule has 0 N–H and O–H groups in total. The molecule has 2 aromatic carbocycles. The van der Waals surface area contributed by atoms with Crippen LogP contribution in [0.1, 0.15) is 37.8 Å². The number of anilines is 1. The molecule has 0 aliphatic carbocycles. The maximum atomic E-state index is 13.0. The zero-order valence-corrected chi connectivity index (χ0v) is 17.9. The molecule has 30 heavy (non-hydrogen) atoms. The van der Waals surface area contributed by atoms with Crippen molar-refractivity contribution in [3.63, 3.8) is 0 Å². The molecule has 0 atom stereocenters. The molecule has 2 aliphatic rings. The number of rotatable bonds is 1. The summed E-state index contributed by atoms with van der Waals surface area (Å²) < 4.78 is 7.04. The van der Waals surface area contributed by atoms with Gasteiger partial charge in [-0.1, -0.05) is 32.6 Å². The summed E-state index contributed by atoms with van der Waals surface area (Å²) in [5, 5.41) is 1.66. The maximum Gasteiger partial charge on any atom is 0.346 e. The third-order valence-electron chi connectivity index (χ3n) is 6.61. The number of hydrogen-bond donors (Lipinski definition) is 0. The monoisotopic (exact) mass is 414 g/mol. The predicted molar refractivity (Wildman–Crippen MR) is 125 cm³/mol. The lowest BCUT2D eigenvalue weighted by atomic mass is 9.74. The molecule has 150 valence electrons. The van der Waals surface area contributed by atoms with Gasteiger partial charge in [0.05, 0.1) is 21.5 Å². The average Bonchev–Trinajstić information content (AvgIpc) is 3.15. The largest absolute Gasteiger partial charge is 0.421 e. The van der Waals surface area contributed by atoms with E-state index in [1.165, 1.54) is 22.6 Å². The van der Waals surface area contributed by atoms with E-state index in [2.05, 4.69) is 36.4 Å². The first-order valence-electron chi connectivity index (χ1n) is 10.4. The van der Waals surface area contributed by atoms with Gasteiger partial charge in [-0.3, -0.25) is 0 Å². The minimum Gasteiger partial charge on any atom is -0.421 e. The van der Waals surface area contributed by atoms with Gasteiger partial charge < -0.3 is 9.32 Å². The number of benzene rings is 2. The lowest BCUT2D eigenvalue weighted by molar-refractivity contribution is 0.452. The van der Waals surface area contributed by atoms with Crippen LogP contribution in [0.25, 0.3) is 37.3 Å². The van der Waals surface area contributed by atoms with Crippen LogP contribution in [0, 0.1) is 0 Å². The number of nitrogens with zero attached hydrogens (tertiary/aromatic N) is 2. The van der Waals surface area contributed by atoms with Crippen molar-refractivity contribution in [2.45, 2.75) is 32.1 Å². The van der Waals surface area contributed by atoms with Crippen molar-refractivity contribution >= 4 is 43.8 Å². The van der Waals surface area contributed by atoms with Crippen molar-refractivity contribution < 1.29 is 4.42 Å². The Kier molecular flexibility index (Phi) is 3.61. The van der Waals surface area contributed by atoms with Crippen molar-refractivity contribution in [3.05, 3.63) is 64.5 Å². The van der Waals surface area contributed by atoms with Crippen LogP contribution in [0.5, 0.6) is 0 Å². The summed E-state index contributed by atoms with van der Waals surface area (Å²) in [4.78, 5) is 20.2. The fraction of sp³-hybridized carbons (Fsp3) is 0.280. The van der Waals surface area contributed by atoms with Crippen LogP contribution in [-0.4, -0.2) is 18.1 Å². The van der Waals surface area contributed by atoms with E-state index in [4.69, 9.17) is 4.42 Å². The standard InChI is InChI=1S/C25H22N2O2S/c1-14-8-10-27-11-9-25(2,3)17-13-15-12-16(24(28)29-22(15)20(14)21(17)27)23-26-18-6-4-5-7-19(18)30-23/h4-7,12-13H,1,8-11H2,2-3H3. The fourth-order valence-corrected chi connectivity index (χ4v) is 5.81. The van der Waals surface area contributed by atoms with Crippen LogP contribution in [-0.2, 0) is 5.41 Å². The van der Waals surface area contributed by atoms with E-state index < -0.39 is 0 Å². The molecule has 2 aromatic heterocycles. The number of thiazole rings is 1. The van der Waals surface area contributed by atoms with Gasteiger partial charge in [-0.25, -0.2) is 9.78 Å². The molecule has 0 radical (unpaired) electrons. The summed E-state index contributed by atoms with van der Waals surface area (Å²) in [6.45, 7) is 10.9. The molecule has 0 unspecified atom stereocenters. The first-order valence-corrected chi connectivity index (χ1v) is 11.2. The topological polar surface area (TPSA) is 46.3 Å². The SMILES string of the molecule is C=C1CCN2CCC(C)(C)c3cc4cc(-c5nc6ccccc6s5)c(=O)oc4c1c32. The summed E-state index contributed by atoms with van der Waals surface area (Å²) in [7, 11) is 0. The molecule has 0 spiro atoms. The molecule has 0 saturated heterocycles. The van der Waals surface area contributed by atoms with Crippen LogP contribution in [0.15, 0.2) is 52.2 Å². The van der Waals surface area contributed by atoms with E-state index in [0.29, 0.717) is 16.2 Å². The van der Waals surface area contributed by atoms with Crippen molar-refractivity contribution in [2.24, 2.45) is 0 Å². The predicted octanol–water partition coefficient (Wildman–Crippen LogP) is 5.97. The van der Waals surface area contributed by atoms with Crippen LogP contribution in [0.3, 0.4) is 0 Å². The molecule has 6 rings (SSSR count). The van der Waals surface area contributed by atoms with Crippen LogP contribution < -0.4 is 10.5 Å². The minimum absolute atomic E-state index is 0.0680. The Morgan fingerprint density at radius 3 is 2.87 bits per heavy atom. The Hall–Kier alpha value is -2.92. The number of hydrogen-bond acceptors (Lipinski definition) is 5. The minimum atomic E-state index is -0.335. The van der Waals surface area contributed by atoms with Crippen molar-refractivity contribution in [1.82, 2.24) is 4.98 Å². The number of fused-ring (bicyclic) bond motifs is 3. The molecule has 5 heteroatoms. The molecule has 4 heterocycles. The molecule has 4 nitrogen and oxygen atoms in total. The highest BCUT2D eigenvalue weighted by Crippen LogP contribution is 2.49. The zero-order valence-electron chi connectivity index (χ0n) is 17.1. The second-order valence-electron chi connectivity index (χ2n) is 8.97. The van der Waals surface area contributed by atoms with Crippen molar-refractivity contribution in [1.29, 1.82) is 0 Å². The highest BCUT2D eigenvalue weighted by molar-refractivity contribution is 7.21. The maximum absolute atomic E-state index is 13.0.